The second kappa shape index (κ2) is 5.56. The Morgan fingerprint density at radius 1 is 1.14 bits per heavy atom. The molecule has 1 heterocycles. The first-order valence-corrected chi connectivity index (χ1v) is 7.14. The molecule has 1 aromatic heterocycles. The molecule has 0 saturated carbocycles. The molecule has 4 heteroatoms. The predicted molar refractivity (Wildman–Crippen MR) is 87.4 cm³/mol. The van der Waals surface area contributed by atoms with Gasteiger partial charge in [-0.3, -0.25) is 0 Å². The van der Waals surface area contributed by atoms with Gasteiger partial charge in [0.15, 0.2) is 0 Å². The molecule has 0 radical (unpaired) electrons. The minimum Gasteiger partial charge on any atom is -0.507 e. The first-order chi connectivity index (χ1) is 10.6. The fourth-order valence-electron chi connectivity index (χ4n) is 2.59. The van der Waals surface area contributed by atoms with Crippen molar-refractivity contribution in [3.05, 3.63) is 70.1 Å². The zero-order valence-electron chi connectivity index (χ0n) is 12.5. The Kier molecular flexibility index (Phi) is 3.59. The zero-order valence-corrected chi connectivity index (χ0v) is 12.5. The highest BCUT2D eigenvalue weighted by atomic mass is 16.4. The van der Waals surface area contributed by atoms with Gasteiger partial charge in [-0.05, 0) is 43.7 Å². The minimum absolute atomic E-state index is 0.0282. The molecular formula is C18H17NO3. The van der Waals surface area contributed by atoms with Crippen molar-refractivity contribution < 1.29 is 9.52 Å². The van der Waals surface area contributed by atoms with E-state index in [0.29, 0.717) is 11.0 Å². The summed E-state index contributed by atoms with van der Waals surface area (Å²) in [6.07, 6.45) is 0. The molecule has 2 aromatic carbocycles. The third-order valence-corrected chi connectivity index (χ3v) is 3.65. The average Bonchev–Trinajstić information content (AvgIpc) is 2.47. The fraction of sp³-hybridized carbons (Fsp3) is 0.167. The highest BCUT2D eigenvalue weighted by Gasteiger charge is 2.19. The van der Waals surface area contributed by atoms with Crippen LogP contribution >= 0.6 is 0 Å². The third-order valence-electron chi connectivity index (χ3n) is 3.65. The summed E-state index contributed by atoms with van der Waals surface area (Å²) in [4.78, 5) is 12.2. The molecule has 0 spiro atoms. The van der Waals surface area contributed by atoms with Crippen LogP contribution in [0.25, 0.3) is 11.0 Å². The van der Waals surface area contributed by atoms with Crippen LogP contribution in [0.2, 0.25) is 0 Å². The molecule has 4 nitrogen and oxygen atoms in total. The van der Waals surface area contributed by atoms with Crippen LogP contribution in [0, 0.1) is 6.92 Å². The van der Waals surface area contributed by atoms with Crippen LogP contribution in [0.3, 0.4) is 0 Å². The van der Waals surface area contributed by atoms with E-state index in [2.05, 4.69) is 5.32 Å². The van der Waals surface area contributed by atoms with Crippen molar-refractivity contribution in [1.82, 2.24) is 0 Å². The Bertz CT molecular complexity index is 883. The van der Waals surface area contributed by atoms with Gasteiger partial charge in [-0.25, -0.2) is 4.79 Å². The number of hydrogen-bond acceptors (Lipinski definition) is 4. The number of anilines is 1. The quantitative estimate of drug-likeness (QED) is 0.717. The van der Waals surface area contributed by atoms with E-state index in [4.69, 9.17) is 4.42 Å². The Balaban J connectivity index is 2.04. The lowest BCUT2D eigenvalue weighted by molar-refractivity contribution is 0.452. The summed E-state index contributed by atoms with van der Waals surface area (Å²) in [5.41, 5.74) is 2.10. The Morgan fingerprint density at radius 2 is 1.91 bits per heavy atom. The van der Waals surface area contributed by atoms with Gasteiger partial charge in [-0.2, -0.15) is 0 Å². The SMILES string of the molecule is Cc1cccc(NC(C)c2c(O)c3ccccc3oc2=O)c1. The van der Waals surface area contributed by atoms with Gasteiger partial charge in [-0.1, -0.05) is 24.3 Å². The molecule has 3 rings (SSSR count). The second-order valence-electron chi connectivity index (χ2n) is 5.38. The summed E-state index contributed by atoms with van der Waals surface area (Å²) in [7, 11) is 0. The van der Waals surface area contributed by atoms with Crippen LogP contribution in [-0.2, 0) is 0 Å². The van der Waals surface area contributed by atoms with Crippen molar-refractivity contribution in [3.63, 3.8) is 0 Å². The van der Waals surface area contributed by atoms with E-state index in [9.17, 15) is 9.90 Å². The third kappa shape index (κ3) is 2.55. The predicted octanol–water partition coefficient (Wildman–Crippen LogP) is 3.98. The summed E-state index contributed by atoms with van der Waals surface area (Å²) in [6.45, 7) is 3.82. The van der Waals surface area contributed by atoms with Crippen LogP contribution in [0.1, 0.15) is 24.1 Å². The van der Waals surface area contributed by atoms with Gasteiger partial charge in [-0.15, -0.1) is 0 Å². The minimum atomic E-state index is -0.524. The number of para-hydroxylation sites is 1. The largest absolute Gasteiger partial charge is 0.507 e. The van der Waals surface area contributed by atoms with E-state index in [0.717, 1.165) is 11.3 Å². The highest BCUT2D eigenvalue weighted by molar-refractivity contribution is 5.84. The number of rotatable bonds is 3. The molecule has 0 aliphatic rings. The zero-order chi connectivity index (χ0) is 15.7. The number of fused-ring (bicyclic) bond motifs is 1. The number of benzene rings is 2. The standard InChI is InChI=1S/C18H17NO3/c1-11-6-5-7-13(10-11)19-12(2)16-17(20)14-8-3-4-9-15(14)22-18(16)21/h3-10,12,19-20H,1-2H3. The molecule has 0 saturated heterocycles. The molecule has 1 unspecified atom stereocenters. The van der Waals surface area contributed by atoms with Gasteiger partial charge < -0.3 is 14.8 Å². The van der Waals surface area contributed by atoms with E-state index in [1.54, 1.807) is 24.3 Å². The lowest BCUT2D eigenvalue weighted by Crippen LogP contribution is -2.17. The molecule has 0 aliphatic heterocycles. The normalized spacial score (nSPS) is 12.3. The van der Waals surface area contributed by atoms with Crippen molar-refractivity contribution in [2.24, 2.45) is 0 Å². The fourth-order valence-corrected chi connectivity index (χ4v) is 2.59. The van der Waals surface area contributed by atoms with Crippen molar-refractivity contribution in [1.29, 1.82) is 0 Å². The monoisotopic (exact) mass is 295 g/mol. The number of aromatic hydroxyl groups is 1. The van der Waals surface area contributed by atoms with Crippen LogP contribution in [-0.4, -0.2) is 5.11 Å². The second-order valence-corrected chi connectivity index (χ2v) is 5.38. The lowest BCUT2D eigenvalue weighted by Gasteiger charge is -2.16. The van der Waals surface area contributed by atoms with E-state index in [1.165, 1.54) is 0 Å². The number of aryl methyl sites for hydroxylation is 1. The van der Waals surface area contributed by atoms with Crippen LogP contribution in [0.4, 0.5) is 5.69 Å². The van der Waals surface area contributed by atoms with Crippen LogP contribution in [0.5, 0.6) is 5.75 Å². The Hall–Kier alpha value is -2.75. The molecular weight excluding hydrogens is 278 g/mol. The maximum atomic E-state index is 12.2. The topological polar surface area (TPSA) is 62.5 Å². The summed E-state index contributed by atoms with van der Waals surface area (Å²) in [5.74, 6) is -0.0282. The van der Waals surface area contributed by atoms with Gasteiger partial charge in [0.05, 0.1) is 11.4 Å². The first kappa shape index (κ1) is 14.2. The first-order valence-electron chi connectivity index (χ1n) is 7.14. The summed E-state index contributed by atoms with van der Waals surface area (Å²) in [5, 5.41) is 14.2. The Labute approximate surface area is 128 Å². The molecule has 0 aliphatic carbocycles. The molecule has 0 bridgehead atoms. The van der Waals surface area contributed by atoms with Gasteiger partial charge in [0.1, 0.15) is 16.9 Å². The van der Waals surface area contributed by atoms with E-state index in [1.807, 2.05) is 38.1 Å². The van der Waals surface area contributed by atoms with Gasteiger partial charge in [0.25, 0.3) is 0 Å². The average molecular weight is 295 g/mol. The van der Waals surface area contributed by atoms with Crippen molar-refractivity contribution in [3.8, 4) is 5.75 Å². The van der Waals surface area contributed by atoms with Gasteiger partial charge >= 0.3 is 5.63 Å². The maximum absolute atomic E-state index is 12.2. The lowest BCUT2D eigenvalue weighted by atomic mass is 10.1. The van der Waals surface area contributed by atoms with E-state index in [-0.39, 0.29) is 17.4 Å². The van der Waals surface area contributed by atoms with Crippen molar-refractivity contribution in [2.75, 3.05) is 5.32 Å². The molecule has 112 valence electrons. The molecule has 0 amide bonds. The molecule has 0 fully saturated rings. The van der Waals surface area contributed by atoms with E-state index >= 15 is 0 Å². The van der Waals surface area contributed by atoms with Crippen molar-refractivity contribution in [2.45, 2.75) is 19.9 Å². The van der Waals surface area contributed by atoms with Gasteiger partial charge in [0.2, 0.25) is 0 Å². The van der Waals surface area contributed by atoms with Gasteiger partial charge in [0, 0.05) is 5.69 Å². The summed E-state index contributed by atoms with van der Waals surface area (Å²) < 4.78 is 5.30. The Morgan fingerprint density at radius 3 is 2.68 bits per heavy atom. The number of nitrogens with one attached hydrogen (secondary N) is 1. The van der Waals surface area contributed by atoms with Crippen LogP contribution in [0.15, 0.2) is 57.7 Å². The molecule has 3 aromatic rings. The smallest absolute Gasteiger partial charge is 0.345 e. The van der Waals surface area contributed by atoms with Crippen LogP contribution < -0.4 is 10.9 Å². The summed E-state index contributed by atoms with van der Waals surface area (Å²) >= 11 is 0. The van der Waals surface area contributed by atoms with Crippen molar-refractivity contribution >= 4 is 16.7 Å². The molecule has 22 heavy (non-hydrogen) atoms. The summed E-state index contributed by atoms with van der Waals surface area (Å²) in [6, 6.07) is 14.4. The molecule has 2 N–H and O–H groups in total. The molecule has 1 atom stereocenters. The number of hydrogen-bond donors (Lipinski definition) is 2. The maximum Gasteiger partial charge on any atom is 0.345 e. The highest BCUT2D eigenvalue weighted by Crippen LogP contribution is 2.31. The van der Waals surface area contributed by atoms with E-state index < -0.39 is 5.63 Å².